The van der Waals surface area contributed by atoms with Crippen molar-refractivity contribution in [2.24, 2.45) is 0 Å². The van der Waals surface area contributed by atoms with E-state index < -0.39 is 52.0 Å². The number of carbonyl (C=O) groups excluding carboxylic acids is 1. The van der Waals surface area contributed by atoms with Gasteiger partial charge in [0.05, 0.1) is 12.7 Å². The predicted molar refractivity (Wildman–Crippen MR) is 129 cm³/mol. The van der Waals surface area contributed by atoms with Gasteiger partial charge < -0.3 is 14.6 Å². The zero-order chi connectivity index (χ0) is 27.0. The molecule has 0 spiro atoms. The lowest BCUT2D eigenvalue weighted by Crippen LogP contribution is -2.27. The average Bonchev–Trinajstić information content (AvgIpc) is 3.10. The van der Waals surface area contributed by atoms with Crippen molar-refractivity contribution >= 4 is 34.1 Å². The molecule has 0 unspecified atom stereocenters. The van der Waals surface area contributed by atoms with Crippen molar-refractivity contribution < 1.29 is 38.8 Å². The Morgan fingerprint density at radius 1 is 1.11 bits per heavy atom. The Labute approximate surface area is 214 Å². The zero-order valence-electron chi connectivity index (χ0n) is 20.1. The van der Waals surface area contributed by atoms with Gasteiger partial charge in [-0.05, 0) is 31.9 Å². The van der Waals surface area contributed by atoms with E-state index in [-0.39, 0.29) is 47.8 Å². The van der Waals surface area contributed by atoms with Gasteiger partial charge in [0.1, 0.15) is 23.8 Å². The molecule has 2 N–H and O–H groups in total. The van der Waals surface area contributed by atoms with E-state index in [2.05, 4.69) is 10.2 Å². The summed E-state index contributed by atoms with van der Waals surface area (Å²) in [6, 6.07) is 2.59. The lowest BCUT2D eigenvalue weighted by molar-refractivity contribution is 0.0964. The van der Waals surface area contributed by atoms with Crippen LogP contribution in [0.4, 0.5) is 19.4 Å². The first kappa shape index (κ1) is 30.3. The summed E-state index contributed by atoms with van der Waals surface area (Å²) in [5, 5.41) is 25.5. The summed E-state index contributed by atoms with van der Waals surface area (Å²) >= 11 is 0. The molecule has 0 atom stereocenters. The molecule has 3 aromatic rings. The Morgan fingerprint density at radius 2 is 1.76 bits per heavy atom. The van der Waals surface area contributed by atoms with E-state index >= 15 is 0 Å². The molecular weight excluding hydrogens is 549 g/mol. The van der Waals surface area contributed by atoms with Gasteiger partial charge in [-0.25, -0.2) is 4.68 Å². The van der Waals surface area contributed by atoms with Crippen LogP contribution in [-0.2, 0) is 6.54 Å². The SMILES string of the molecule is CCC(CC)Oc1cc(C)c2nn(CC(=O)c3cc(OCCO)cc(S(F)(F)(F)(F)F)c3)c(=N)n2n1.Cl. The van der Waals surface area contributed by atoms with Crippen molar-refractivity contribution in [3.05, 3.63) is 41.0 Å². The average molecular weight is 576 g/mol. The molecule has 37 heavy (non-hydrogen) atoms. The maximum Gasteiger partial charge on any atom is 0.310 e. The number of Topliss-reactive ketones (excluding diaryl/α,β-unsaturated/α-hetero) is 1. The predicted octanol–water partition coefficient (Wildman–Crippen LogP) is 5.22. The smallest absolute Gasteiger partial charge is 0.310 e. The molecule has 2 heterocycles. The van der Waals surface area contributed by atoms with Crippen molar-refractivity contribution in [3.8, 4) is 11.6 Å². The van der Waals surface area contributed by atoms with E-state index in [1.165, 1.54) is 0 Å². The van der Waals surface area contributed by atoms with E-state index in [4.69, 9.17) is 20.0 Å². The van der Waals surface area contributed by atoms with Gasteiger partial charge in [-0.15, -0.1) is 22.6 Å². The Balaban J connectivity index is 0.00000481. The van der Waals surface area contributed by atoms with E-state index in [1.807, 2.05) is 13.8 Å². The lowest BCUT2D eigenvalue weighted by Gasteiger charge is -2.40. The molecular formula is C21H27ClF5N5O4S. The van der Waals surface area contributed by atoms with E-state index in [0.29, 0.717) is 5.56 Å². The maximum atomic E-state index is 13.5. The topological polar surface area (TPSA) is 115 Å². The molecule has 1 aromatic carbocycles. The Hall–Kier alpha value is -2.91. The minimum Gasteiger partial charge on any atom is -0.491 e. The summed E-state index contributed by atoms with van der Waals surface area (Å²) in [4.78, 5) is 10.5. The fraction of sp³-hybridized carbons (Fsp3) is 0.429. The van der Waals surface area contributed by atoms with Crippen molar-refractivity contribution in [2.45, 2.75) is 51.2 Å². The Bertz CT molecular complexity index is 1360. The molecule has 0 aliphatic rings. The standard InChI is InChI=1S/C21H26F5N5O4S.ClH/c1-4-15(5-2)35-19-8-13(3)20-29-30(21(27)31(20)28-19)12-18(33)14-9-16(34-7-6-32)11-17(10-14)36(22,23,24,25)26;/h8-11,15,27,32H,4-7,12H2,1-3H3;1H. The fourth-order valence-electron chi connectivity index (χ4n) is 3.36. The summed E-state index contributed by atoms with van der Waals surface area (Å²) in [6.45, 7) is 3.78. The van der Waals surface area contributed by atoms with E-state index in [1.54, 1.807) is 13.0 Å². The van der Waals surface area contributed by atoms with Crippen LogP contribution in [0.15, 0.2) is 29.2 Å². The highest BCUT2D eigenvalue weighted by molar-refractivity contribution is 8.45. The number of aliphatic hydroxyl groups excluding tert-OH is 1. The lowest BCUT2D eigenvalue weighted by atomic mass is 10.1. The monoisotopic (exact) mass is 575 g/mol. The number of rotatable bonds is 11. The number of nitrogens with one attached hydrogen (secondary N) is 1. The van der Waals surface area contributed by atoms with Crippen LogP contribution in [0.2, 0.25) is 0 Å². The van der Waals surface area contributed by atoms with Gasteiger partial charge in [-0.2, -0.15) is 4.52 Å². The number of hydrogen-bond acceptors (Lipinski definition) is 7. The van der Waals surface area contributed by atoms with Gasteiger partial charge in [0.15, 0.2) is 11.4 Å². The van der Waals surface area contributed by atoms with Crippen LogP contribution in [0.5, 0.6) is 11.6 Å². The summed E-state index contributed by atoms with van der Waals surface area (Å²) in [5.74, 6) is -1.46. The second kappa shape index (κ2) is 10.1. The summed E-state index contributed by atoms with van der Waals surface area (Å²) in [7, 11) is -10.2. The zero-order valence-corrected chi connectivity index (χ0v) is 21.7. The van der Waals surface area contributed by atoms with E-state index in [9.17, 15) is 24.2 Å². The van der Waals surface area contributed by atoms with E-state index in [0.717, 1.165) is 28.1 Å². The molecule has 0 amide bonds. The van der Waals surface area contributed by atoms with Crippen molar-refractivity contribution in [3.63, 3.8) is 0 Å². The fourth-order valence-corrected chi connectivity index (χ4v) is 4.04. The number of ether oxygens (including phenoxy) is 2. The molecule has 0 radical (unpaired) electrons. The number of aliphatic hydroxyl groups is 1. The number of hydrogen-bond donors (Lipinski definition) is 2. The molecule has 208 valence electrons. The number of nitrogens with zero attached hydrogens (tertiary/aromatic N) is 4. The molecule has 0 fully saturated rings. The highest BCUT2D eigenvalue weighted by atomic mass is 35.5. The van der Waals surface area contributed by atoms with Gasteiger partial charge in [0.2, 0.25) is 11.5 Å². The molecule has 16 heteroatoms. The van der Waals surface area contributed by atoms with Gasteiger partial charge in [0.25, 0.3) is 0 Å². The first-order chi connectivity index (χ1) is 16.6. The molecule has 0 aliphatic carbocycles. The minimum absolute atomic E-state index is 0. The van der Waals surface area contributed by atoms with Crippen molar-refractivity contribution in [1.82, 2.24) is 19.4 Å². The molecule has 0 aliphatic heterocycles. The molecule has 0 saturated carbocycles. The number of halogens is 6. The van der Waals surface area contributed by atoms with Crippen LogP contribution in [0.1, 0.15) is 42.6 Å². The second-order valence-electron chi connectivity index (χ2n) is 8.10. The third-order valence-electron chi connectivity index (χ3n) is 5.25. The van der Waals surface area contributed by atoms with Crippen LogP contribution < -0.4 is 15.1 Å². The van der Waals surface area contributed by atoms with Crippen molar-refractivity contribution in [2.75, 3.05) is 13.2 Å². The maximum absolute atomic E-state index is 13.5. The van der Waals surface area contributed by atoms with Crippen LogP contribution in [0.3, 0.4) is 0 Å². The quantitative estimate of drug-likeness (QED) is 0.239. The molecule has 3 rings (SSSR count). The number of benzene rings is 1. The first-order valence-electron chi connectivity index (χ1n) is 10.9. The number of aromatic nitrogens is 4. The van der Waals surface area contributed by atoms with Gasteiger partial charge >= 0.3 is 10.2 Å². The molecule has 2 aromatic heterocycles. The molecule has 9 nitrogen and oxygen atoms in total. The largest absolute Gasteiger partial charge is 0.491 e. The highest BCUT2D eigenvalue weighted by Gasteiger charge is 2.65. The number of fused-ring (bicyclic) bond motifs is 1. The second-order valence-corrected chi connectivity index (χ2v) is 10.5. The summed E-state index contributed by atoms with van der Waals surface area (Å²) < 4.78 is 80.0. The first-order valence-corrected chi connectivity index (χ1v) is 12.9. The number of aryl methyl sites for hydroxylation is 1. The van der Waals surface area contributed by atoms with Gasteiger partial charge in [-0.1, -0.05) is 33.3 Å². The third kappa shape index (κ3) is 7.11. The van der Waals surface area contributed by atoms with Crippen LogP contribution in [0, 0.1) is 12.3 Å². The highest BCUT2D eigenvalue weighted by Crippen LogP contribution is 3.02. The third-order valence-corrected chi connectivity index (χ3v) is 6.38. The molecule has 0 bridgehead atoms. The van der Waals surface area contributed by atoms with Gasteiger partial charge in [-0.3, -0.25) is 10.2 Å². The Morgan fingerprint density at radius 3 is 2.32 bits per heavy atom. The Kier molecular flexibility index (Phi) is 8.27. The van der Waals surface area contributed by atoms with Crippen LogP contribution in [-0.4, -0.2) is 49.6 Å². The van der Waals surface area contributed by atoms with Crippen LogP contribution >= 0.6 is 22.6 Å². The van der Waals surface area contributed by atoms with Crippen LogP contribution in [0.25, 0.3) is 5.65 Å². The van der Waals surface area contributed by atoms with Gasteiger partial charge in [0, 0.05) is 23.3 Å². The number of carbonyl (C=O) groups is 1. The summed E-state index contributed by atoms with van der Waals surface area (Å²) in [6.07, 6.45) is 1.34. The normalized spacial score (nSPS) is 13.7. The minimum atomic E-state index is -10.2. The number of ketones is 1. The summed E-state index contributed by atoms with van der Waals surface area (Å²) in [5.41, 5.74) is -0.331. The van der Waals surface area contributed by atoms with Crippen molar-refractivity contribution in [1.29, 1.82) is 5.41 Å². The molecule has 0 saturated heterocycles.